The largest absolute Gasteiger partial charge is 0.467 e. The Morgan fingerprint density at radius 1 is 1.07 bits per heavy atom. The average molecular weight is 389 g/mol. The maximum atomic E-state index is 12.8. The summed E-state index contributed by atoms with van der Waals surface area (Å²) in [5, 5.41) is 0. The molecule has 7 heteroatoms. The first-order valence-electron chi connectivity index (χ1n) is 9.22. The van der Waals surface area contributed by atoms with Crippen molar-refractivity contribution in [3.05, 3.63) is 89.1 Å². The molecule has 0 saturated heterocycles. The quantitative estimate of drug-likeness (QED) is 0.606. The van der Waals surface area contributed by atoms with Crippen LogP contribution in [0.4, 0.5) is 0 Å². The van der Waals surface area contributed by atoms with Crippen LogP contribution in [0.1, 0.15) is 42.5 Å². The second-order valence-electron chi connectivity index (χ2n) is 6.83. The molecule has 3 heterocycles. The highest BCUT2D eigenvalue weighted by Gasteiger charge is 2.36. The minimum Gasteiger partial charge on any atom is -0.467 e. The van der Waals surface area contributed by atoms with Crippen molar-refractivity contribution in [1.29, 1.82) is 0 Å². The molecule has 3 amide bonds. The maximum Gasteiger partial charge on any atom is 0.261 e. The summed E-state index contributed by atoms with van der Waals surface area (Å²) < 4.78 is 5.24. The van der Waals surface area contributed by atoms with E-state index in [1.807, 2.05) is 18.2 Å². The van der Waals surface area contributed by atoms with E-state index in [2.05, 4.69) is 4.98 Å². The number of fused-ring (bicyclic) bond motifs is 1. The normalized spacial score (nSPS) is 12.9. The first kappa shape index (κ1) is 18.6. The molecule has 0 spiro atoms. The Kier molecular flexibility index (Phi) is 4.95. The molecule has 29 heavy (non-hydrogen) atoms. The van der Waals surface area contributed by atoms with Crippen LogP contribution in [0.5, 0.6) is 0 Å². The number of carbonyl (C=O) groups is 3. The second kappa shape index (κ2) is 7.71. The number of hydrogen-bond acceptors (Lipinski definition) is 5. The van der Waals surface area contributed by atoms with E-state index in [-0.39, 0.29) is 23.9 Å². The first-order chi connectivity index (χ1) is 14.0. The van der Waals surface area contributed by atoms with Gasteiger partial charge >= 0.3 is 0 Å². The Bertz CT molecular complexity index is 1060. The molecular formula is C22H19N3O4. The Balaban J connectivity index is 1.48. The molecule has 1 aromatic carbocycles. The van der Waals surface area contributed by atoms with Gasteiger partial charge < -0.3 is 9.32 Å². The molecule has 7 nitrogen and oxygen atoms in total. The van der Waals surface area contributed by atoms with Gasteiger partial charge in [-0.05, 0) is 42.5 Å². The third-order valence-electron chi connectivity index (χ3n) is 4.89. The van der Waals surface area contributed by atoms with E-state index in [0.717, 1.165) is 10.6 Å². The van der Waals surface area contributed by atoms with Gasteiger partial charge in [-0.15, -0.1) is 0 Å². The van der Waals surface area contributed by atoms with Gasteiger partial charge in [0.05, 0.1) is 23.9 Å². The van der Waals surface area contributed by atoms with E-state index >= 15 is 0 Å². The molecule has 3 aromatic rings. The number of aromatic nitrogens is 1. The van der Waals surface area contributed by atoms with E-state index in [4.69, 9.17) is 4.42 Å². The van der Waals surface area contributed by atoms with Crippen LogP contribution in [-0.2, 0) is 13.0 Å². The Morgan fingerprint density at radius 2 is 1.90 bits per heavy atom. The molecule has 2 aromatic heterocycles. The van der Waals surface area contributed by atoms with Gasteiger partial charge in [0.1, 0.15) is 5.76 Å². The zero-order chi connectivity index (χ0) is 20.4. The SMILES string of the molecule is CN(CCc1ccccn1)C(=O)c1ccc2c(c1)C(=O)N(Cc1ccco1)C2=O. The van der Waals surface area contributed by atoms with E-state index in [1.54, 1.807) is 36.3 Å². The highest BCUT2D eigenvalue weighted by molar-refractivity contribution is 6.22. The predicted octanol–water partition coefficient (Wildman–Crippen LogP) is 2.79. The van der Waals surface area contributed by atoms with Crippen molar-refractivity contribution in [2.75, 3.05) is 13.6 Å². The lowest BCUT2D eigenvalue weighted by Crippen LogP contribution is -2.29. The Hall–Kier alpha value is -3.74. The van der Waals surface area contributed by atoms with Crippen LogP contribution in [-0.4, -0.2) is 46.1 Å². The van der Waals surface area contributed by atoms with Gasteiger partial charge in [-0.1, -0.05) is 6.07 Å². The van der Waals surface area contributed by atoms with Crippen molar-refractivity contribution in [2.24, 2.45) is 0 Å². The van der Waals surface area contributed by atoms with Crippen molar-refractivity contribution >= 4 is 17.7 Å². The first-order valence-corrected chi connectivity index (χ1v) is 9.22. The number of furan rings is 1. The van der Waals surface area contributed by atoms with Crippen molar-refractivity contribution in [3.63, 3.8) is 0 Å². The minimum absolute atomic E-state index is 0.0621. The summed E-state index contributed by atoms with van der Waals surface area (Å²) in [6.07, 6.45) is 3.84. The van der Waals surface area contributed by atoms with E-state index in [0.29, 0.717) is 29.9 Å². The molecule has 0 fully saturated rings. The predicted molar refractivity (Wildman–Crippen MR) is 104 cm³/mol. The van der Waals surface area contributed by atoms with Crippen LogP contribution < -0.4 is 0 Å². The lowest BCUT2D eigenvalue weighted by molar-refractivity contribution is 0.0631. The summed E-state index contributed by atoms with van der Waals surface area (Å²) in [5.74, 6) is -0.505. The summed E-state index contributed by atoms with van der Waals surface area (Å²) in [5.41, 5.74) is 1.81. The van der Waals surface area contributed by atoms with Crippen LogP contribution in [0.25, 0.3) is 0 Å². The van der Waals surface area contributed by atoms with Crippen molar-refractivity contribution in [3.8, 4) is 0 Å². The van der Waals surface area contributed by atoms with Crippen molar-refractivity contribution in [2.45, 2.75) is 13.0 Å². The van der Waals surface area contributed by atoms with Gasteiger partial charge in [-0.3, -0.25) is 24.3 Å². The molecule has 0 saturated carbocycles. The fourth-order valence-electron chi connectivity index (χ4n) is 3.28. The molecule has 0 N–H and O–H groups in total. The molecule has 1 aliphatic rings. The molecule has 4 rings (SSSR count). The lowest BCUT2D eigenvalue weighted by atomic mass is 10.0. The summed E-state index contributed by atoms with van der Waals surface area (Å²) in [4.78, 5) is 45.0. The van der Waals surface area contributed by atoms with Crippen LogP contribution in [0.3, 0.4) is 0 Å². The number of amides is 3. The monoisotopic (exact) mass is 389 g/mol. The number of nitrogens with zero attached hydrogens (tertiary/aromatic N) is 3. The highest BCUT2D eigenvalue weighted by Crippen LogP contribution is 2.26. The highest BCUT2D eigenvalue weighted by atomic mass is 16.3. The fourth-order valence-corrected chi connectivity index (χ4v) is 3.28. The smallest absolute Gasteiger partial charge is 0.261 e. The number of carbonyl (C=O) groups excluding carboxylic acids is 3. The van der Waals surface area contributed by atoms with E-state index in [1.165, 1.54) is 18.4 Å². The standard InChI is InChI=1S/C22H19N3O4/c1-24(11-9-16-5-2-3-10-23-16)20(26)15-7-8-18-19(13-15)22(28)25(21(18)27)14-17-6-4-12-29-17/h2-8,10,12-13H,9,11,14H2,1H3. The molecule has 0 unspecified atom stereocenters. The number of hydrogen-bond donors (Lipinski definition) is 0. The number of pyridine rings is 1. The van der Waals surface area contributed by atoms with E-state index < -0.39 is 5.91 Å². The number of imide groups is 1. The van der Waals surface area contributed by atoms with Crippen LogP contribution in [0.2, 0.25) is 0 Å². The summed E-state index contributed by atoms with van der Waals surface area (Å²) >= 11 is 0. The zero-order valence-electron chi connectivity index (χ0n) is 15.9. The molecule has 0 aliphatic carbocycles. The van der Waals surface area contributed by atoms with E-state index in [9.17, 15) is 14.4 Å². The fraction of sp³-hybridized carbons (Fsp3) is 0.182. The van der Waals surface area contributed by atoms with Gasteiger partial charge in [0.15, 0.2) is 0 Å². The Labute approximate surface area is 167 Å². The number of benzene rings is 1. The minimum atomic E-state index is -0.424. The maximum absolute atomic E-state index is 12.8. The summed E-state index contributed by atoms with van der Waals surface area (Å²) in [7, 11) is 1.70. The van der Waals surface area contributed by atoms with Crippen molar-refractivity contribution < 1.29 is 18.8 Å². The molecule has 0 atom stereocenters. The van der Waals surface area contributed by atoms with Crippen molar-refractivity contribution in [1.82, 2.24) is 14.8 Å². The molecule has 1 aliphatic heterocycles. The third kappa shape index (κ3) is 3.67. The lowest BCUT2D eigenvalue weighted by Gasteiger charge is -2.17. The molecule has 0 bridgehead atoms. The summed E-state index contributed by atoms with van der Waals surface area (Å²) in [6, 6.07) is 13.7. The summed E-state index contributed by atoms with van der Waals surface area (Å²) in [6.45, 7) is 0.553. The van der Waals surface area contributed by atoms with Crippen LogP contribution >= 0.6 is 0 Å². The van der Waals surface area contributed by atoms with Gasteiger partial charge in [-0.25, -0.2) is 0 Å². The number of likely N-dealkylation sites (N-methyl/N-ethyl adjacent to an activating group) is 1. The third-order valence-corrected chi connectivity index (χ3v) is 4.89. The van der Waals surface area contributed by atoms with Crippen LogP contribution in [0.15, 0.2) is 65.4 Å². The van der Waals surface area contributed by atoms with Gasteiger partial charge in [0.25, 0.3) is 17.7 Å². The van der Waals surface area contributed by atoms with Gasteiger partial charge in [-0.2, -0.15) is 0 Å². The molecule has 0 radical (unpaired) electrons. The van der Waals surface area contributed by atoms with Crippen LogP contribution in [0, 0.1) is 0 Å². The second-order valence-corrected chi connectivity index (χ2v) is 6.83. The van der Waals surface area contributed by atoms with Gasteiger partial charge in [0, 0.05) is 37.5 Å². The zero-order valence-corrected chi connectivity index (χ0v) is 15.9. The Morgan fingerprint density at radius 3 is 2.62 bits per heavy atom. The molecule has 146 valence electrons. The number of rotatable bonds is 6. The average Bonchev–Trinajstić information content (AvgIpc) is 3.35. The topological polar surface area (TPSA) is 83.7 Å². The van der Waals surface area contributed by atoms with Gasteiger partial charge in [0.2, 0.25) is 0 Å². The molecular weight excluding hydrogens is 370 g/mol.